The summed E-state index contributed by atoms with van der Waals surface area (Å²) in [6, 6.07) is 19.3. The first-order valence-electron chi connectivity index (χ1n) is 13.0. The normalized spacial score (nSPS) is 18.1. The number of rotatable bonds is 5. The van der Waals surface area contributed by atoms with Gasteiger partial charge in [0.1, 0.15) is 11.6 Å². The minimum Gasteiger partial charge on any atom is -0.495 e. The van der Waals surface area contributed by atoms with Crippen molar-refractivity contribution in [2.75, 3.05) is 25.1 Å². The molecule has 4 aromatic rings. The lowest BCUT2D eigenvalue weighted by Crippen LogP contribution is -2.60. The summed E-state index contributed by atoms with van der Waals surface area (Å²) in [7, 11) is 1.65. The Kier molecular flexibility index (Phi) is 7.16. The molecule has 39 heavy (non-hydrogen) atoms. The van der Waals surface area contributed by atoms with Gasteiger partial charge in [0, 0.05) is 59.6 Å². The van der Waals surface area contributed by atoms with Gasteiger partial charge in [-0.3, -0.25) is 9.78 Å². The van der Waals surface area contributed by atoms with E-state index in [0.29, 0.717) is 24.4 Å². The van der Waals surface area contributed by atoms with Gasteiger partial charge in [-0.25, -0.2) is 9.37 Å². The van der Waals surface area contributed by atoms with E-state index in [4.69, 9.17) is 20.0 Å². The molecule has 0 saturated carbocycles. The maximum Gasteiger partial charge on any atom is 0.257 e. The third-order valence-electron chi connectivity index (χ3n) is 7.27. The number of nitrogens with zero attached hydrogens (tertiary/aromatic N) is 5. The Bertz CT molecular complexity index is 1530. The summed E-state index contributed by atoms with van der Waals surface area (Å²) < 4.78 is 19.6. The minimum absolute atomic E-state index is 0.129. The van der Waals surface area contributed by atoms with Crippen LogP contribution < -0.4 is 9.64 Å². The Balaban J connectivity index is 1.44. The number of benzene rings is 2. The maximum absolute atomic E-state index is 13.7. The molecule has 0 N–H and O–H groups in total. The van der Waals surface area contributed by atoms with Crippen LogP contribution in [0.25, 0.3) is 33.2 Å². The average molecular weight is 524 g/mol. The number of amides is 1. The fourth-order valence-corrected chi connectivity index (χ4v) is 5.46. The second kappa shape index (κ2) is 10.7. The summed E-state index contributed by atoms with van der Waals surface area (Å²) in [5.74, 6) is 1.05. The molecule has 0 radical (unpaired) electrons. The molecule has 198 valence electrons. The predicted molar refractivity (Wildman–Crippen MR) is 150 cm³/mol. The smallest absolute Gasteiger partial charge is 0.257 e. The molecular formula is C31H30FN5O2. The van der Waals surface area contributed by atoms with E-state index in [0.717, 1.165) is 39.0 Å². The number of halogens is 1. The number of para-hydroxylation sites is 1. The van der Waals surface area contributed by atoms with Gasteiger partial charge in [-0.05, 0) is 56.7 Å². The average Bonchev–Trinajstić information content (AvgIpc) is 2.95. The zero-order valence-electron chi connectivity index (χ0n) is 22.4. The lowest BCUT2D eigenvalue weighted by molar-refractivity contribution is -0.140. The molecule has 0 spiro atoms. The van der Waals surface area contributed by atoms with Crippen molar-refractivity contribution in [2.24, 2.45) is 0 Å². The van der Waals surface area contributed by atoms with E-state index in [1.54, 1.807) is 30.3 Å². The van der Waals surface area contributed by atoms with Crippen molar-refractivity contribution in [1.29, 1.82) is 5.26 Å². The van der Waals surface area contributed by atoms with Crippen molar-refractivity contribution in [2.45, 2.75) is 39.0 Å². The highest BCUT2D eigenvalue weighted by atomic mass is 19.1. The number of ether oxygens (including phenoxy) is 1. The van der Waals surface area contributed by atoms with Crippen LogP contribution in [0.1, 0.15) is 26.3 Å². The Labute approximate surface area is 227 Å². The number of fused-ring (bicyclic) bond motifs is 1. The quantitative estimate of drug-likeness (QED) is 0.337. The molecule has 8 heteroatoms. The van der Waals surface area contributed by atoms with E-state index in [1.807, 2.05) is 62.5 Å². The molecule has 7 nitrogen and oxygen atoms in total. The van der Waals surface area contributed by atoms with Crippen molar-refractivity contribution in [3.05, 3.63) is 72.6 Å². The summed E-state index contributed by atoms with van der Waals surface area (Å²) >= 11 is 0. The third kappa shape index (κ3) is 4.88. The molecule has 1 aliphatic rings. The van der Waals surface area contributed by atoms with E-state index < -0.39 is 12.1 Å². The van der Waals surface area contributed by atoms with Gasteiger partial charge in [-0.2, -0.15) is 5.26 Å². The minimum atomic E-state index is -1.51. The second-order valence-corrected chi connectivity index (χ2v) is 9.97. The second-order valence-electron chi connectivity index (χ2n) is 9.97. The van der Waals surface area contributed by atoms with Gasteiger partial charge in [-0.15, -0.1) is 0 Å². The number of hydrogen-bond acceptors (Lipinski definition) is 6. The number of hydrogen-bond donors (Lipinski definition) is 0. The van der Waals surface area contributed by atoms with Crippen LogP contribution in [0, 0.1) is 11.3 Å². The van der Waals surface area contributed by atoms with Gasteiger partial charge in [0.15, 0.2) is 6.17 Å². The molecule has 2 aromatic carbocycles. The molecule has 1 fully saturated rings. The SMILES string of the molecule is COc1c(-c2ccc(N3CC(C)N(C(=O)C(C)F)[C@@H](C)C3)nc2)cnc2c(-c3ccc(C#N)cc3)cccc12. The maximum atomic E-state index is 13.7. The highest BCUT2D eigenvalue weighted by Gasteiger charge is 2.35. The van der Waals surface area contributed by atoms with Crippen LogP contribution in [-0.2, 0) is 4.79 Å². The molecule has 0 bridgehead atoms. The summed E-state index contributed by atoms with van der Waals surface area (Å²) in [6.45, 7) is 6.32. The van der Waals surface area contributed by atoms with E-state index in [-0.39, 0.29) is 12.1 Å². The van der Waals surface area contributed by atoms with E-state index in [9.17, 15) is 9.18 Å². The lowest BCUT2D eigenvalue weighted by atomic mass is 9.98. The number of nitriles is 1. The lowest BCUT2D eigenvalue weighted by Gasteiger charge is -2.45. The van der Waals surface area contributed by atoms with Crippen molar-refractivity contribution < 1.29 is 13.9 Å². The first kappa shape index (κ1) is 26.1. The predicted octanol–water partition coefficient (Wildman–Crippen LogP) is 5.63. The zero-order valence-corrected chi connectivity index (χ0v) is 22.4. The molecule has 2 aromatic heterocycles. The number of anilines is 1. The molecule has 3 heterocycles. The molecule has 2 unspecified atom stereocenters. The molecular weight excluding hydrogens is 493 g/mol. The largest absolute Gasteiger partial charge is 0.495 e. The molecule has 1 amide bonds. The van der Waals surface area contributed by atoms with Crippen molar-refractivity contribution in [3.8, 4) is 34.1 Å². The van der Waals surface area contributed by atoms with Crippen LogP contribution in [0.5, 0.6) is 5.75 Å². The summed E-state index contributed by atoms with van der Waals surface area (Å²) in [4.78, 5) is 25.6. The van der Waals surface area contributed by atoms with Gasteiger partial charge in [0.25, 0.3) is 5.91 Å². The molecule has 3 atom stereocenters. The monoisotopic (exact) mass is 523 g/mol. The topological polar surface area (TPSA) is 82.3 Å². The summed E-state index contributed by atoms with van der Waals surface area (Å²) in [5.41, 5.74) is 5.05. The number of carbonyl (C=O) groups excluding carboxylic acids is 1. The van der Waals surface area contributed by atoms with Crippen LogP contribution in [0.15, 0.2) is 67.0 Å². The highest BCUT2D eigenvalue weighted by Crippen LogP contribution is 2.39. The van der Waals surface area contributed by atoms with Gasteiger partial charge in [0.2, 0.25) is 0 Å². The molecule has 1 aliphatic heterocycles. The van der Waals surface area contributed by atoms with Crippen molar-refractivity contribution in [1.82, 2.24) is 14.9 Å². The number of methoxy groups -OCH3 is 1. The summed E-state index contributed by atoms with van der Waals surface area (Å²) in [6.07, 6.45) is 2.10. The first-order chi connectivity index (χ1) is 18.8. The Morgan fingerprint density at radius 2 is 1.69 bits per heavy atom. The molecule has 0 aliphatic carbocycles. The third-order valence-corrected chi connectivity index (χ3v) is 7.27. The van der Waals surface area contributed by atoms with Crippen LogP contribution in [0.2, 0.25) is 0 Å². The van der Waals surface area contributed by atoms with Crippen LogP contribution in [-0.4, -0.2) is 59.2 Å². The number of pyridine rings is 2. The van der Waals surface area contributed by atoms with Gasteiger partial charge >= 0.3 is 0 Å². The van der Waals surface area contributed by atoms with Crippen molar-refractivity contribution >= 4 is 22.6 Å². The van der Waals surface area contributed by atoms with E-state index in [1.165, 1.54) is 6.92 Å². The first-order valence-corrected chi connectivity index (χ1v) is 13.0. The Hall–Kier alpha value is -4.51. The van der Waals surface area contributed by atoms with Gasteiger partial charge in [-0.1, -0.05) is 24.3 Å². The summed E-state index contributed by atoms with van der Waals surface area (Å²) in [5, 5.41) is 10.0. The van der Waals surface area contributed by atoms with E-state index in [2.05, 4.69) is 11.0 Å². The highest BCUT2D eigenvalue weighted by molar-refractivity contribution is 6.00. The van der Waals surface area contributed by atoms with Crippen molar-refractivity contribution in [3.63, 3.8) is 0 Å². The standard InChI is InChI=1S/C31H30FN5O2/c1-19-17-36(18-20(2)37(19)31(38)21(3)32)28-13-12-24(15-34-28)27-16-35-29-25(6-5-7-26(29)30(27)39-4)23-10-8-22(14-33)9-11-23/h5-13,15-16,19-21H,17-18H2,1-4H3/t19-,20?,21?/m0/s1. The van der Waals surface area contributed by atoms with E-state index >= 15 is 0 Å². The molecule has 1 saturated heterocycles. The fourth-order valence-electron chi connectivity index (χ4n) is 5.46. The van der Waals surface area contributed by atoms with Crippen LogP contribution in [0.3, 0.4) is 0 Å². The Morgan fingerprint density at radius 3 is 2.28 bits per heavy atom. The van der Waals surface area contributed by atoms with Crippen LogP contribution in [0.4, 0.5) is 10.2 Å². The zero-order chi connectivity index (χ0) is 27.7. The number of aromatic nitrogens is 2. The van der Waals surface area contributed by atoms with Gasteiger partial charge in [0.05, 0.1) is 24.3 Å². The number of carbonyl (C=O) groups is 1. The molecule has 5 rings (SSSR count). The number of piperazine rings is 1. The Morgan fingerprint density at radius 1 is 1.00 bits per heavy atom. The van der Waals surface area contributed by atoms with Crippen LogP contribution >= 0.6 is 0 Å². The number of alkyl halides is 1. The fraction of sp³-hybridized carbons (Fsp3) is 0.290. The van der Waals surface area contributed by atoms with Gasteiger partial charge < -0.3 is 14.5 Å².